The average Bonchev–Trinajstić information content (AvgIpc) is 2.92. The Morgan fingerprint density at radius 3 is 2.55 bits per heavy atom. The van der Waals surface area contributed by atoms with Crippen LogP contribution < -0.4 is 9.46 Å². The highest BCUT2D eigenvalue weighted by atomic mass is 32.2. The minimum atomic E-state index is -3.22. The third kappa shape index (κ3) is 4.69. The second-order valence-corrected chi connectivity index (χ2v) is 8.00. The van der Waals surface area contributed by atoms with Crippen LogP contribution in [0.3, 0.4) is 0 Å². The van der Waals surface area contributed by atoms with E-state index >= 15 is 0 Å². The molecule has 1 saturated heterocycles. The van der Waals surface area contributed by atoms with Gasteiger partial charge in [0.15, 0.2) is 0 Å². The summed E-state index contributed by atoms with van der Waals surface area (Å²) in [6, 6.07) is 7.82. The molecule has 1 aromatic carbocycles. The van der Waals surface area contributed by atoms with Gasteiger partial charge in [-0.2, -0.15) is 0 Å². The van der Waals surface area contributed by atoms with Crippen molar-refractivity contribution in [1.29, 1.82) is 0 Å². The molecule has 2 rings (SSSR count). The molecule has 0 saturated carbocycles. The molecule has 0 aliphatic carbocycles. The van der Waals surface area contributed by atoms with Gasteiger partial charge in [0, 0.05) is 5.92 Å². The number of hydrogen-bond acceptors (Lipinski definition) is 4. The van der Waals surface area contributed by atoms with E-state index in [0.29, 0.717) is 25.7 Å². The van der Waals surface area contributed by atoms with Crippen molar-refractivity contribution < 1.29 is 17.9 Å². The Morgan fingerprint density at radius 2 is 1.95 bits per heavy atom. The fraction of sp³-hybridized carbons (Fsp3) is 0.625. The molecule has 124 valence electrons. The molecule has 1 aromatic rings. The van der Waals surface area contributed by atoms with E-state index in [0.717, 1.165) is 5.75 Å². The molecule has 1 heterocycles. The van der Waals surface area contributed by atoms with Crippen LogP contribution >= 0.6 is 0 Å². The summed E-state index contributed by atoms with van der Waals surface area (Å²) in [6.07, 6.45) is 0. The molecular weight excluding hydrogens is 302 g/mol. The first kappa shape index (κ1) is 17.2. The lowest BCUT2D eigenvalue weighted by molar-refractivity contribution is 0.167. The van der Waals surface area contributed by atoms with Crippen molar-refractivity contribution >= 4 is 10.0 Å². The average molecular weight is 327 g/mol. The van der Waals surface area contributed by atoms with Crippen LogP contribution in [-0.2, 0) is 14.8 Å². The molecule has 0 aromatic heterocycles. The van der Waals surface area contributed by atoms with Crippen LogP contribution in [0, 0.1) is 5.92 Å². The molecule has 1 aliphatic heterocycles. The van der Waals surface area contributed by atoms with Crippen LogP contribution in [0.25, 0.3) is 0 Å². The van der Waals surface area contributed by atoms with Crippen molar-refractivity contribution in [1.82, 2.24) is 4.72 Å². The van der Waals surface area contributed by atoms with E-state index < -0.39 is 10.0 Å². The number of benzene rings is 1. The highest BCUT2D eigenvalue weighted by molar-refractivity contribution is 7.89. The Balaban J connectivity index is 1.90. The second kappa shape index (κ2) is 7.44. The van der Waals surface area contributed by atoms with Crippen molar-refractivity contribution in [2.75, 3.05) is 25.6 Å². The minimum absolute atomic E-state index is 0.0334. The van der Waals surface area contributed by atoms with Gasteiger partial charge in [0.2, 0.25) is 10.0 Å². The summed E-state index contributed by atoms with van der Waals surface area (Å²) >= 11 is 0. The highest BCUT2D eigenvalue weighted by Gasteiger charge is 2.31. The predicted molar refractivity (Wildman–Crippen MR) is 86.7 cm³/mol. The Bertz CT molecular complexity index is 568. The Kier molecular flexibility index (Phi) is 5.83. The number of sulfonamides is 1. The Morgan fingerprint density at radius 1 is 1.27 bits per heavy atom. The molecule has 0 amide bonds. The first-order valence-corrected chi connectivity index (χ1v) is 9.37. The van der Waals surface area contributed by atoms with Crippen LogP contribution in [-0.4, -0.2) is 40.0 Å². The van der Waals surface area contributed by atoms with E-state index in [2.05, 4.69) is 30.7 Å². The van der Waals surface area contributed by atoms with Gasteiger partial charge in [0.1, 0.15) is 5.75 Å². The van der Waals surface area contributed by atoms with Gasteiger partial charge < -0.3 is 9.47 Å². The maximum Gasteiger partial charge on any atom is 0.211 e. The fourth-order valence-corrected chi connectivity index (χ4v) is 3.25. The van der Waals surface area contributed by atoms with Gasteiger partial charge in [-0.05, 0) is 30.5 Å². The molecule has 1 N–H and O–H groups in total. The maximum absolute atomic E-state index is 11.7. The zero-order valence-corrected chi connectivity index (χ0v) is 14.2. The smallest absolute Gasteiger partial charge is 0.211 e. The van der Waals surface area contributed by atoms with E-state index in [1.807, 2.05) is 12.1 Å². The summed E-state index contributed by atoms with van der Waals surface area (Å²) in [5.41, 5.74) is 1.27. The first-order chi connectivity index (χ1) is 10.4. The van der Waals surface area contributed by atoms with Gasteiger partial charge >= 0.3 is 0 Å². The molecule has 0 unspecified atom stereocenters. The lowest BCUT2D eigenvalue weighted by atomic mass is 10.0. The third-order valence-electron chi connectivity index (χ3n) is 3.92. The van der Waals surface area contributed by atoms with Crippen molar-refractivity contribution in [2.24, 2.45) is 5.92 Å². The largest absolute Gasteiger partial charge is 0.493 e. The van der Waals surface area contributed by atoms with Gasteiger partial charge in [0.25, 0.3) is 0 Å². The summed E-state index contributed by atoms with van der Waals surface area (Å²) in [5, 5.41) is 0. The molecule has 0 spiro atoms. The first-order valence-electron chi connectivity index (χ1n) is 7.71. The summed E-state index contributed by atoms with van der Waals surface area (Å²) in [6.45, 7) is 7.28. The minimum Gasteiger partial charge on any atom is -0.493 e. The molecule has 0 bridgehead atoms. The predicted octanol–water partition coefficient (Wildman–Crippen LogP) is 2.14. The summed E-state index contributed by atoms with van der Waals surface area (Å²) in [5.74, 6) is 1.40. The third-order valence-corrected chi connectivity index (χ3v) is 5.34. The second-order valence-electron chi connectivity index (χ2n) is 5.96. The van der Waals surface area contributed by atoms with E-state index in [-0.39, 0.29) is 17.7 Å². The van der Waals surface area contributed by atoms with E-state index in [1.165, 1.54) is 5.56 Å². The Labute approximate surface area is 133 Å². The van der Waals surface area contributed by atoms with Crippen molar-refractivity contribution in [3.05, 3.63) is 29.8 Å². The molecule has 1 aliphatic rings. The molecule has 1 fully saturated rings. The summed E-state index contributed by atoms with van der Waals surface area (Å²) in [7, 11) is -3.22. The number of rotatable bonds is 7. The van der Waals surface area contributed by atoms with Gasteiger partial charge in [-0.3, -0.25) is 0 Å². The van der Waals surface area contributed by atoms with Gasteiger partial charge in [0.05, 0.1) is 31.6 Å². The van der Waals surface area contributed by atoms with Crippen molar-refractivity contribution in [3.63, 3.8) is 0 Å². The molecule has 2 atom stereocenters. The van der Waals surface area contributed by atoms with E-state index in [4.69, 9.17) is 9.47 Å². The molecule has 6 heteroatoms. The molecule has 22 heavy (non-hydrogen) atoms. The Hall–Kier alpha value is -1.11. The van der Waals surface area contributed by atoms with Crippen LogP contribution in [0.5, 0.6) is 5.75 Å². The SMILES string of the molecule is CCS(=O)(=O)N[C@@H]1COC[C@H]1COc1ccc(C(C)C)cc1. The molecule has 0 radical (unpaired) electrons. The zero-order valence-electron chi connectivity index (χ0n) is 13.4. The van der Waals surface area contributed by atoms with Crippen molar-refractivity contribution in [2.45, 2.75) is 32.7 Å². The van der Waals surface area contributed by atoms with Gasteiger partial charge in [-0.1, -0.05) is 26.0 Å². The highest BCUT2D eigenvalue weighted by Crippen LogP contribution is 2.21. The topological polar surface area (TPSA) is 64.6 Å². The zero-order chi connectivity index (χ0) is 16.2. The molecular formula is C16H25NO4S. The standard InChI is InChI=1S/C16H25NO4S/c1-4-22(18,19)17-16-11-20-9-14(16)10-21-15-7-5-13(6-8-15)12(2)3/h5-8,12,14,16-17H,4,9-11H2,1-3H3/t14-,16+/m0/s1. The fourth-order valence-electron chi connectivity index (χ4n) is 2.36. The number of ether oxygens (including phenoxy) is 2. The summed E-state index contributed by atoms with van der Waals surface area (Å²) in [4.78, 5) is 0. The lowest BCUT2D eigenvalue weighted by Gasteiger charge is -2.19. The van der Waals surface area contributed by atoms with Crippen LogP contribution in [0.2, 0.25) is 0 Å². The maximum atomic E-state index is 11.7. The number of hydrogen-bond donors (Lipinski definition) is 1. The van der Waals surface area contributed by atoms with E-state index in [1.54, 1.807) is 6.92 Å². The van der Waals surface area contributed by atoms with Gasteiger partial charge in [-0.25, -0.2) is 13.1 Å². The lowest BCUT2D eigenvalue weighted by Crippen LogP contribution is -2.42. The van der Waals surface area contributed by atoms with Crippen LogP contribution in [0.15, 0.2) is 24.3 Å². The van der Waals surface area contributed by atoms with Gasteiger partial charge in [-0.15, -0.1) is 0 Å². The normalized spacial score (nSPS) is 22.2. The number of nitrogens with one attached hydrogen (secondary N) is 1. The van der Waals surface area contributed by atoms with Crippen molar-refractivity contribution in [3.8, 4) is 5.75 Å². The van der Waals surface area contributed by atoms with E-state index in [9.17, 15) is 8.42 Å². The van der Waals surface area contributed by atoms with Crippen LogP contribution in [0.1, 0.15) is 32.3 Å². The molecule has 5 nitrogen and oxygen atoms in total. The summed E-state index contributed by atoms with van der Waals surface area (Å²) < 4.78 is 37.2. The van der Waals surface area contributed by atoms with Crippen LogP contribution in [0.4, 0.5) is 0 Å². The quantitative estimate of drug-likeness (QED) is 0.833. The monoisotopic (exact) mass is 327 g/mol.